The second-order valence-electron chi connectivity index (χ2n) is 8.79. The maximum atomic E-state index is 14.4. The highest BCUT2D eigenvalue weighted by Gasteiger charge is 2.36. The molecule has 7 nitrogen and oxygen atoms in total. The van der Waals surface area contributed by atoms with Crippen LogP contribution in [0.1, 0.15) is 12.8 Å². The van der Waals surface area contributed by atoms with Crippen LogP contribution >= 0.6 is 0 Å². The molecule has 0 spiro atoms. The molecule has 0 unspecified atom stereocenters. The van der Waals surface area contributed by atoms with Crippen LogP contribution in [0, 0.1) is 11.7 Å². The van der Waals surface area contributed by atoms with Crippen molar-refractivity contribution >= 4 is 17.4 Å². The number of carbonyl (C=O) groups excluding carboxylic acids is 1. The number of pyridine rings is 1. The summed E-state index contributed by atoms with van der Waals surface area (Å²) in [5.41, 5.74) is 14.6. The number of likely N-dealkylation sites (tertiary alicyclic amines) is 1. The Hall–Kier alpha value is -3.65. The Kier molecular flexibility index (Phi) is 6.06. The maximum absolute atomic E-state index is 14.4. The molecule has 0 saturated carbocycles. The summed E-state index contributed by atoms with van der Waals surface area (Å²) in [6, 6.07) is 14.0. The first-order valence-electron chi connectivity index (χ1n) is 11.4. The molecule has 0 atom stereocenters. The van der Waals surface area contributed by atoms with E-state index in [0.29, 0.717) is 43.1 Å². The lowest BCUT2D eigenvalue weighted by atomic mass is 9.96. The van der Waals surface area contributed by atoms with Crippen molar-refractivity contribution in [3.63, 3.8) is 0 Å². The van der Waals surface area contributed by atoms with Crippen LogP contribution in [0.5, 0.6) is 5.75 Å². The highest BCUT2D eigenvalue weighted by Crippen LogP contribution is 2.33. The SMILES string of the molecule is Nc1ccc(-c2cc(-c3ccc(OC4CN(C(=O)C5CCOCC5)C4)cc3)cnc2N)c(F)c1. The summed E-state index contributed by atoms with van der Waals surface area (Å²) in [5.74, 6) is 0.827. The Labute approximate surface area is 197 Å². The molecule has 0 radical (unpaired) electrons. The third kappa shape index (κ3) is 4.54. The van der Waals surface area contributed by atoms with Gasteiger partial charge in [-0.2, -0.15) is 0 Å². The zero-order chi connectivity index (χ0) is 23.7. The van der Waals surface area contributed by atoms with E-state index in [1.165, 1.54) is 6.07 Å². The number of benzene rings is 2. The third-order valence-electron chi connectivity index (χ3n) is 6.42. The lowest BCUT2D eigenvalue weighted by Gasteiger charge is -2.41. The second-order valence-corrected chi connectivity index (χ2v) is 8.79. The van der Waals surface area contributed by atoms with E-state index in [9.17, 15) is 9.18 Å². The second kappa shape index (κ2) is 9.30. The van der Waals surface area contributed by atoms with Crippen LogP contribution in [0.25, 0.3) is 22.3 Å². The molecular formula is C26H27FN4O3. The van der Waals surface area contributed by atoms with Crippen LogP contribution in [-0.4, -0.2) is 48.2 Å². The summed E-state index contributed by atoms with van der Waals surface area (Å²) < 4.78 is 25.8. The van der Waals surface area contributed by atoms with Gasteiger partial charge in [-0.25, -0.2) is 9.37 Å². The van der Waals surface area contributed by atoms with Gasteiger partial charge in [0.2, 0.25) is 5.91 Å². The van der Waals surface area contributed by atoms with Gasteiger partial charge in [-0.05, 0) is 54.8 Å². The minimum absolute atomic E-state index is 0.00655. The van der Waals surface area contributed by atoms with Crippen molar-refractivity contribution < 1.29 is 18.7 Å². The maximum Gasteiger partial charge on any atom is 0.226 e. The number of ether oxygens (including phenoxy) is 2. The lowest BCUT2D eigenvalue weighted by Crippen LogP contribution is -2.58. The number of hydrogen-bond donors (Lipinski definition) is 2. The van der Waals surface area contributed by atoms with Crippen molar-refractivity contribution in [1.29, 1.82) is 0 Å². The van der Waals surface area contributed by atoms with E-state index >= 15 is 0 Å². The van der Waals surface area contributed by atoms with Crippen molar-refractivity contribution in [2.45, 2.75) is 18.9 Å². The van der Waals surface area contributed by atoms with Crippen LogP contribution in [0.2, 0.25) is 0 Å². The molecule has 3 aromatic rings. The highest BCUT2D eigenvalue weighted by molar-refractivity contribution is 5.81. The first-order valence-corrected chi connectivity index (χ1v) is 11.4. The smallest absolute Gasteiger partial charge is 0.226 e. The van der Waals surface area contributed by atoms with Crippen molar-refractivity contribution in [1.82, 2.24) is 9.88 Å². The summed E-state index contributed by atoms with van der Waals surface area (Å²) >= 11 is 0. The molecule has 2 fully saturated rings. The van der Waals surface area contributed by atoms with Gasteiger partial charge in [0.05, 0.1) is 13.1 Å². The van der Waals surface area contributed by atoms with E-state index in [-0.39, 0.29) is 23.7 Å². The molecule has 8 heteroatoms. The number of nitrogen functional groups attached to an aromatic ring is 2. The van der Waals surface area contributed by atoms with Gasteiger partial charge in [0.15, 0.2) is 0 Å². The van der Waals surface area contributed by atoms with Gasteiger partial charge in [0, 0.05) is 47.7 Å². The van der Waals surface area contributed by atoms with Crippen molar-refractivity contribution in [3.05, 3.63) is 60.5 Å². The molecule has 34 heavy (non-hydrogen) atoms. The predicted molar refractivity (Wildman–Crippen MR) is 128 cm³/mol. The van der Waals surface area contributed by atoms with Crippen LogP contribution in [0.15, 0.2) is 54.7 Å². The number of carbonyl (C=O) groups is 1. The molecule has 4 N–H and O–H groups in total. The molecule has 176 valence electrons. The molecule has 3 heterocycles. The van der Waals surface area contributed by atoms with Crippen molar-refractivity contribution in [2.24, 2.45) is 5.92 Å². The Morgan fingerprint density at radius 3 is 2.44 bits per heavy atom. The molecular weight excluding hydrogens is 435 g/mol. The largest absolute Gasteiger partial charge is 0.487 e. The molecule has 2 aliphatic rings. The number of hydrogen-bond acceptors (Lipinski definition) is 6. The first-order chi connectivity index (χ1) is 16.5. The molecule has 5 rings (SSSR count). The molecule has 2 saturated heterocycles. The summed E-state index contributed by atoms with van der Waals surface area (Å²) in [7, 11) is 0. The zero-order valence-electron chi connectivity index (χ0n) is 18.7. The molecule has 2 aromatic carbocycles. The van der Waals surface area contributed by atoms with Crippen LogP contribution in [0.4, 0.5) is 15.9 Å². The molecule has 2 aliphatic heterocycles. The third-order valence-corrected chi connectivity index (χ3v) is 6.42. The van der Waals surface area contributed by atoms with Gasteiger partial charge < -0.3 is 25.8 Å². The number of nitrogens with two attached hydrogens (primary N) is 2. The van der Waals surface area contributed by atoms with Gasteiger partial charge in [0.25, 0.3) is 0 Å². The quantitative estimate of drug-likeness (QED) is 0.560. The molecule has 1 amide bonds. The fourth-order valence-corrected chi connectivity index (χ4v) is 4.41. The highest BCUT2D eigenvalue weighted by atomic mass is 19.1. The van der Waals surface area contributed by atoms with Gasteiger partial charge in [-0.3, -0.25) is 4.79 Å². The van der Waals surface area contributed by atoms with Crippen LogP contribution < -0.4 is 16.2 Å². The average molecular weight is 463 g/mol. The minimum Gasteiger partial charge on any atom is -0.487 e. The number of rotatable bonds is 5. The fourth-order valence-electron chi connectivity index (χ4n) is 4.41. The molecule has 0 bridgehead atoms. The van der Waals surface area contributed by atoms with Crippen LogP contribution in [-0.2, 0) is 9.53 Å². The topological polar surface area (TPSA) is 104 Å². The van der Waals surface area contributed by atoms with Gasteiger partial charge in [0.1, 0.15) is 23.5 Å². The summed E-state index contributed by atoms with van der Waals surface area (Å²) in [6.07, 6.45) is 3.26. The van der Waals surface area contributed by atoms with Gasteiger partial charge in [-0.1, -0.05) is 12.1 Å². The Morgan fingerprint density at radius 1 is 1.00 bits per heavy atom. The van der Waals surface area contributed by atoms with Crippen molar-refractivity contribution in [3.8, 4) is 28.0 Å². The summed E-state index contributed by atoms with van der Waals surface area (Å²) in [6.45, 7) is 2.54. The van der Waals surface area contributed by atoms with Gasteiger partial charge >= 0.3 is 0 Å². The van der Waals surface area contributed by atoms with E-state index in [2.05, 4.69) is 4.98 Å². The fraction of sp³-hybridized carbons (Fsp3) is 0.308. The minimum atomic E-state index is -0.445. The van der Waals surface area contributed by atoms with Crippen molar-refractivity contribution in [2.75, 3.05) is 37.8 Å². The lowest BCUT2D eigenvalue weighted by molar-refractivity contribution is -0.147. The number of amides is 1. The number of aromatic nitrogens is 1. The predicted octanol–water partition coefficient (Wildman–Crippen LogP) is 3.74. The number of nitrogens with zero attached hydrogens (tertiary/aromatic N) is 2. The number of anilines is 2. The Bertz CT molecular complexity index is 1190. The van der Waals surface area contributed by atoms with Gasteiger partial charge in [-0.15, -0.1) is 0 Å². The Morgan fingerprint density at radius 2 is 1.74 bits per heavy atom. The molecule has 0 aliphatic carbocycles. The Balaban J connectivity index is 1.23. The normalized spacial score (nSPS) is 16.8. The molecule has 1 aromatic heterocycles. The van der Waals surface area contributed by atoms with E-state index in [1.54, 1.807) is 18.3 Å². The standard InChI is InChI=1S/C26H27FN4O3/c27-24-12-19(28)3-6-22(24)23-11-18(13-30-25(23)29)16-1-4-20(5-2-16)34-21-14-31(15-21)26(32)17-7-9-33-10-8-17/h1-6,11-13,17,21H,7-10,14-15,28H2,(H2,29,30). The number of halogens is 1. The van der Waals surface area contributed by atoms with E-state index in [1.807, 2.05) is 35.2 Å². The monoisotopic (exact) mass is 462 g/mol. The first kappa shape index (κ1) is 22.2. The van der Waals surface area contributed by atoms with E-state index in [4.69, 9.17) is 20.9 Å². The van der Waals surface area contributed by atoms with Crippen LogP contribution in [0.3, 0.4) is 0 Å². The zero-order valence-corrected chi connectivity index (χ0v) is 18.7. The van der Waals surface area contributed by atoms with E-state index < -0.39 is 5.82 Å². The summed E-state index contributed by atoms with van der Waals surface area (Å²) in [5, 5.41) is 0. The summed E-state index contributed by atoms with van der Waals surface area (Å²) in [4.78, 5) is 18.7. The average Bonchev–Trinajstić information content (AvgIpc) is 2.82. The van der Waals surface area contributed by atoms with E-state index in [0.717, 1.165) is 29.7 Å².